The van der Waals surface area contributed by atoms with Gasteiger partial charge in [-0.2, -0.15) is 0 Å². The predicted molar refractivity (Wildman–Crippen MR) is 63.2 cm³/mol. The lowest BCUT2D eigenvalue weighted by molar-refractivity contribution is 0.0697. The summed E-state index contributed by atoms with van der Waals surface area (Å²) in [7, 11) is 0. The number of hydrogen-bond donors (Lipinski definition) is 2. The molecule has 0 atom stereocenters. The van der Waals surface area contributed by atoms with Crippen LogP contribution in [0.25, 0.3) is 0 Å². The third-order valence-corrected chi connectivity index (χ3v) is 2.62. The van der Waals surface area contributed by atoms with Gasteiger partial charge in [-0.3, -0.25) is 0 Å². The van der Waals surface area contributed by atoms with Crippen molar-refractivity contribution in [2.45, 2.75) is 0 Å². The van der Waals surface area contributed by atoms with Crippen molar-refractivity contribution in [2.75, 3.05) is 5.32 Å². The van der Waals surface area contributed by atoms with E-state index in [1.807, 2.05) is 24.3 Å². The summed E-state index contributed by atoms with van der Waals surface area (Å²) in [5.74, 6) is 0.253. The molecule has 1 heterocycles. The zero-order valence-electron chi connectivity index (χ0n) is 8.81. The molecular weight excluding hydrogens is 218 g/mol. The van der Waals surface area contributed by atoms with E-state index in [-0.39, 0.29) is 5.56 Å². The standard InChI is InChI=1S/C13H9NO3/c15-13(16)8-4-3-7-11-12(8)14-9-5-1-2-6-10(9)17-11/h1-7,14H,(H,15,16). The van der Waals surface area contributed by atoms with Crippen LogP contribution < -0.4 is 10.1 Å². The molecule has 2 aromatic rings. The molecule has 2 N–H and O–H groups in total. The number of para-hydroxylation sites is 3. The van der Waals surface area contributed by atoms with Crippen LogP contribution in [0.2, 0.25) is 0 Å². The molecule has 17 heavy (non-hydrogen) atoms. The number of nitrogens with one attached hydrogen (secondary N) is 1. The highest BCUT2D eigenvalue weighted by Crippen LogP contribution is 2.43. The number of carboxylic acid groups (broad SMARTS) is 1. The third kappa shape index (κ3) is 1.50. The number of aromatic carboxylic acids is 1. The fraction of sp³-hybridized carbons (Fsp3) is 0. The number of benzene rings is 2. The molecule has 3 rings (SSSR count). The summed E-state index contributed by atoms with van der Waals surface area (Å²) in [6.45, 7) is 0. The summed E-state index contributed by atoms with van der Waals surface area (Å²) >= 11 is 0. The second-order valence-corrected chi connectivity index (χ2v) is 3.71. The first-order valence-electron chi connectivity index (χ1n) is 5.16. The predicted octanol–water partition coefficient (Wildman–Crippen LogP) is 3.23. The van der Waals surface area contributed by atoms with Gasteiger partial charge in [-0.15, -0.1) is 0 Å². The Morgan fingerprint density at radius 3 is 2.65 bits per heavy atom. The summed E-state index contributed by atoms with van der Waals surface area (Å²) in [6.07, 6.45) is 0. The van der Waals surface area contributed by atoms with Crippen molar-refractivity contribution in [1.29, 1.82) is 0 Å². The van der Waals surface area contributed by atoms with Crippen molar-refractivity contribution in [1.82, 2.24) is 0 Å². The van der Waals surface area contributed by atoms with Gasteiger partial charge in [0.1, 0.15) is 0 Å². The normalized spacial score (nSPS) is 11.8. The minimum absolute atomic E-state index is 0.206. The van der Waals surface area contributed by atoms with Gasteiger partial charge < -0.3 is 15.2 Å². The van der Waals surface area contributed by atoms with Crippen LogP contribution in [0.5, 0.6) is 11.5 Å². The van der Waals surface area contributed by atoms with Crippen molar-refractivity contribution in [3.8, 4) is 11.5 Å². The second-order valence-electron chi connectivity index (χ2n) is 3.71. The van der Waals surface area contributed by atoms with E-state index >= 15 is 0 Å². The van der Waals surface area contributed by atoms with Crippen LogP contribution in [-0.4, -0.2) is 11.1 Å². The molecule has 1 aliphatic rings. The van der Waals surface area contributed by atoms with Gasteiger partial charge in [0.05, 0.1) is 16.9 Å². The lowest BCUT2D eigenvalue weighted by Crippen LogP contribution is -2.08. The molecule has 2 aromatic carbocycles. The molecule has 4 nitrogen and oxygen atoms in total. The molecule has 1 aliphatic heterocycles. The van der Waals surface area contributed by atoms with Crippen molar-refractivity contribution in [2.24, 2.45) is 0 Å². The average Bonchev–Trinajstić information content (AvgIpc) is 2.35. The average molecular weight is 227 g/mol. The molecule has 4 heteroatoms. The molecule has 0 aliphatic carbocycles. The maximum Gasteiger partial charge on any atom is 0.337 e. The largest absolute Gasteiger partial charge is 0.478 e. The lowest BCUT2D eigenvalue weighted by atomic mass is 10.1. The maximum absolute atomic E-state index is 11.1. The first-order chi connectivity index (χ1) is 8.25. The summed E-state index contributed by atoms with van der Waals surface area (Å²) in [5.41, 5.74) is 1.48. The van der Waals surface area contributed by atoms with E-state index < -0.39 is 5.97 Å². The van der Waals surface area contributed by atoms with Crippen LogP contribution >= 0.6 is 0 Å². The van der Waals surface area contributed by atoms with E-state index in [0.717, 1.165) is 5.69 Å². The first kappa shape index (κ1) is 9.72. The summed E-state index contributed by atoms with van der Waals surface area (Å²) in [5, 5.41) is 12.2. The summed E-state index contributed by atoms with van der Waals surface area (Å²) in [6, 6.07) is 12.4. The van der Waals surface area contributed by atoms with Gasteiger partial charge in [-0.1, -0.05) is 18.2 Å². The van der Waals surface area contributed by atoms with Crippen molar-refractivity contribution < 1.29 is 14.6 Å². The molecule has 0 aromatic heterocycles. The monoisotopic (exact) mass is 227 g/mol. The highest BCUT2D eigenvalue weighted by molar-refractivity contribution is 5.98. The molecule has 0 spiro atoms. The minimum atomic E-state index is -0.975. The van der Waals surface area contributed by atoms with Gasteiger partial charge in [0.25, 0.3) is 0 Å². The van der Waals surface area contributed by atoms with Gasteiger partial charge in [0, 0.05) is 0 Å². The molecule has 0 bridgehead atoms. The first-order valence-corrected chi connectivity index (χ1v) is 5.16. The van der Waals surface area contributed by atoms with Gasteiger partial charge in [0.2, 0.25) is 0 Å². The van der Waals surface area contributed by atoms with Gasteiger partial charge in [-0.25, -0.2) is 4.79 Å². The highest BCUT2D eigenvalue weighted by Gasteiger charge is 2.21. The molecule has 0 saturated heterocycles. The Labute approximate surface area is 97.5 Å². The van der Waals surface area contributed by atoms with Crippen LogP contribution in [0.15, 0.2) is 42.5 Å². The van der Waals surface area contributed by atoms with Crippen LogP contribution in [0.4, 0.5) is 11.4 Å². The van der Waals surface area contributed by atoms with E-state index in [9.17, 15) is 4.79 Å². The van der Waals surface area contributed by atoms with Crippen LogP contribution in [0, 0.1) is 0 Å². The Kier molecular flexibility index (Phi) is 2.01. The Balaban J connectivity index is 2.15. The number of fused-ring (bicyclic) bond motifs is 2. The molecule has 0 saturated carbocycles. The smallest absolute Gasteiger partial charge is 0.337 e. The zero-order chi connectivity index (χ0) is 11.8. The van der Waals surface area contributed by atoms with Crippen LogP contribution in [-0.2, 0) is 0 Å². The summed E-state index contributed by atoms with van der Waals surface area (Å²) in [4.78, 5) is 11.1. The van der Waals surface area contributed by atoms with Crippen molar-refractivity contribution >= 4 is 17.3 Å². The zero-order valence-corrected chi connectivity index (χ0v) is 8.81. The number of rotatable bonds is 1. The molecule has 0 amide bonds. The highest BCUT2D eigenvalue weighted by atomic mass is 16.5. The topological polar surface area (TPSA) is 58.6 Å². The van der Waals surface area contributed by atoms with Crippen molar-refractivity contribution in [3.63, 3.8) is 0 Å². The molecule has 0 radical (unpaired) electrons. The molecule has 0 fully saturated rings. The Morgan fingerprint density at radius 2 is 1.82 bits per heavy atom. The van der Waals surface area contributed by atoms with Gasteiger partial charge in [0.15, 0.2) is 11.5 Å². The van der Waals surface area contributed by atoms with E-state index in [1.54, 1.807) is 18.2 Å². The fourth-order valence-corrected chi connectivity index (χ4v) is 1.84. The van der Waals surface area contributed by atoms with Crippen LogP contribution in [0.3, 0.4) is 0 Å². The fourth-order valence-electron chi connectivity index (χ4n) is 1.84. The number of carbonyl (C=O) groups is 1. The molecule has 84 valence electrons. The van der Waals surface area contributed by atoms with Gasteiger partial charge >= 0.3 is 5.97 Å². The quantitative estimate of drug-likeness (QED) is 0.670. The van der Waals surface area contributed by atoms with Gasteiger partial charge in [-0.05, 0) is 24.3 Å². The van der Waals surface area contributed by atoms with Crippen molar-refractivity contribution in [3.05, 3.63) is 48.0 Å². The number of anilines is 2. The second kappa shape index (κ2) is 3.52. The van der Waals surface area contributed by atoms with E-state index in [2.05, 4.69) is 5.32 Å². The number of hydrogen-bond acceptors (Lipinski definition) is 3. The SMILES string of the molecule is O=C(O)c1cccc2c1Nc1ccccc1O2. The van der Waals surface area contributed by atoms with E-state index in [4.69, 9.17) is 9.84 Å². The lowest BCUT2D eigenvalue weighted by Gasteiger charge is -2.22. The van der Waals surface area contributed by atoms with E-state index in [0.29, 0.717) is 17.2 Å². The Bertz CT molecular complexity index is 607. The maximum atomic E-state index is 11.1. The number of carboxylic acids is 1. The Morgan fingerprint density at radius 1 is 1.06 bits per heavy atom. The third-order valence-electron chi connectivity index (χ3n) is 2.62. The summed E-state index contributed by atoms with van der Waals surface area (Å²) < 4.78 is 5.64. The number of ether oxygens (including phenoxy) is 1. The molecular formula is C13H9NO3. The minimum Gasteiger partial charge on any atom is -0.478 e. The Hall–Kier alpha value is -2.49. The van der Waals surface area contributed by atoms with E-state index in [1.165, 1.54) is 0 Å². The van der Waals surface area contributed by atoms with Crippen LogP contribution in [0.1, 0.15) is 10.4 Å². The molecule has 0 unspecified atom stereocenters.